The Morgan fingerprint density at radius 1 is 1.38 bits per heavy atom. The lowest BCUT2D eigenvalue weighted by molar-refractivity contribution is 0.278. The van der Waals surface area contributed by atoms with Gasteiger partial charge in [-0.05, 0) is 18.6 Å². The molecule has 0 unspecified atom stereocenters. The van der Waals surface area contributed by atoms with Crippen LogP contribution in [0.1, 0.15) is 11.3 Å². The molecule has 1 heterocycles. The third-order valence-electron chi connectivity index (χ3n) is 2.10. The van der Waals surface area contributed by atoms with Crippen LogP contribution in [0.4, 0.5) is 10.8 Å². The summed E-state index contributed by atoms with van der Waals surface area (Å²) in [5, 5.41) is 14.8. The van der Waals surface area contributed by atoms with Crippen molar-refractivity contribution < 1.29 is 5.11 Å². The maximum Gasteiger partial charge on any atom is 0.187 e. The smallest absolute Gasteiger partial charge is 0.187 e. The number of hydrogen-bond acceptors (Lipinski definition) is 4. The van der Waals surface area contributed by atoms with Crippen molar-refractivity contribution in [2.24, 2.45) is 0 Å². The van der Waals surface area contributed by atoms with Crippen molar-refractivity contribution in [1.82, 2.24) is 4.98 Å². The van der Waals surface area contributed by atoms with Gasteiger partial charge in [-0.25, -0.2) is 4.98 Å². The Bertz CT molecular complexity index is 459. The average molecular weight is 257 g/mol. The summed E-state index contributed by atoms with van der Waals surface area (Å²) in [7, 11) is 0. The van der Waals surface area contributed by atoms with Gasteiger partial charge in [0.05, 0.1) is 12.3 Å². The molecule has 0 aliphatic carbocycles. The van der Waals surface area contributed by atoms with Crippen LogP contribution in [0.2, 0.25) is 0 Å². The van der Waals surface area contributed by atoms with Gasteiger partial charge in [-0.2, -0.15) is 0 Å². The Kier molecular flexibility index (Phi) is 4.73. The number of aromatic nitrogens is 1. The van der Waals surface area contributed by atoms with E-state index in [0.717, 1.165) is 10.8 Å². The Morgan fingerprint density at radius 3 is 2.75 bits per heavy atom. The summed E-state index contributed by atoms with van der Waals surface area (Å²) >= 11 is 1.50. The molecular weight excluding hydrogens is 244 g/mol. The fourth-order valence-corrected chi connectivity index (χ4v) is 1.98. The van der Waals surface area contributed by atoms with Crippen molar-refractivity contribution in [2.45, 2.75) is 13.5 Å². The number of nitrogens with zero attached hydrogens (tertiary/aromatic N) is 1. The van der Waals surface area contributed by atoms with Crippen molar-refractivity contribution in [3.05, 3.63) is 40.9 Å². The highest BCUT2D eigenvalue weighted by Gasteiger charge is 2.02. The van der Waals surface area contributed by atoms with E-state index in [1.165, 1.54) is 16.9 Å². The van der Waals surface area contributed by atoms with E-state index in [1.54, 1.807) is 0 Å². The van der Waals surface area contributed by atoms with E-state index in [2.05, 4.69) is 10.3 Å². The molecule has 2 aromatic rings. The molecule has 16 heavy (non-hydrogen) atoms. The van der Waals surface area contributed by atoms with Gasteiger partial charge in [0.15, 0.2) is 5.13 Å². The molecule has 3 nitrogen and oxygen atoms in total. The highest BCUT2D eigenvalue weighted by Crippen LogP contribution is 2.23. The number of rotatable bonds is 3. The predicted octanol–water partition coefficient (Wildman–Crippen LogP) is 3.11. The van der Waals surface area contributed by atoms with E-state index in [4.69, 9.17) is 5.11 Å². The normalized spacial score (nSPS) is 9.62. The molecule has 1 aromatic carbocycles. The van der Waals surface area contributed by atoms with E-state index < -0.39 is 0 Å². The SMILES string of the molecule is Cc1ccccc1Nc1nc(CO)cs1.Cl. The summed E-state index contributed by atoms with van der Waals surface area (Å²) in [6.45, 7) is 2.04. The van der Waals surface area contributed by atoms with Crippen LogP contribution in [-0.4, -0.2) is 10.1 Å². The zero-order valence-corrected chi connectivity index (χ0v) is 10.4. The van der Waals surface area contributed by atoms with Crippen molar-refractivity contribution in [2.75, 3.05) is 5.32 Å². The minimum absolute atomic E-state index is 0. The molecule has 0 saturated carbocycles. The van der Waals surface area contributed by atoms with Crippen LogP contribution in [0.25, 0.3) is 0 Å². The predicted molar refractivity (Wildman–Crippen MR) is 69.7 cm³/mol. The first-order valence-corrected chi connectivity index (χ1v) is 5.55. The summed E-state index contributed by atoms with van der Waals surface area (Å²) in [5.41, 5.74) is 2.94. The second kappa shape index (κ2) is 5.84. The molecule has 86 valence electrons. The number of anilines is 2. The standard InChI is InChI=1S/C11H12N2OS.ClH/c1-8-4-2-3-5-10(8)13-11-12-9(6-14)7-15-11;/h2-5,7,14H,6H2,1H3,(H,12,13);1H. The maximum atomic E-state index is 8.89. The molecule has 0 spiro atoms. The van der Waals surface area contributed by atoms with Crippen LogP contribution in [0.15, 0.2) is 29.6 Å². The molecule has 1 aromatic heterocycles. The van der Waals surface area contributed by atoms with Gasteiger partial charge < -0.3 is 10.4 Å². The van der Waals surface area contributed by atoms with Gasteiger partial charge in [-0.1, -0.05) is 18.2 Å². The number of benzene rings is 1. The Balaban J connectivity index is 0.00000128. The van der Waals surface area contributed by atoms with Gasteiger partial charge in [-0.3, -0.25) is 0 Å². The van der Waals surface area contributed by atoms with E-state index >= 15 is 0 Å². The zero-order chi connectivity index (χ0) is 10.7. The van der Waals surface area contributed by atoms with Gasteiger partial charge >= 0.3 is 0 Å². The van der Waals surface area contributed by atoms with Crippen molar-refractivity contribution in [3.8, 4) is 0 Å². The topological polar surface area (TPSA) is 45.2 Å². The molecule has 0 bridgehead atoms. The molecule has 0 radical (unpaired) electrons. The van der Waals surface area contributed by atoms with Gasteiger partial charge in [0.2, 0.25) is 0 Å². The largest absolute Gasteiger partial charge is 0.390 e. The third-order valence-corrected chi connectivity index (χ3v) is 2.91. The summed E-state index contributed by atoms with van der Waals surface area (Å²) < 4.78 is 0. The lowest BCUT2D eigenvalue weighted by Crippen LogP contribution is -1.92. The zero-order valence-electron chi connectivity index (χ0n) is 8.80. The van der Waals surface area contributed by atoms with Crippen molar-refractivity contribution >= 4 is 34.6 Å². The lowest BCUT2D eigenvalue weighted by Gasteiger charge is -2.05. The highest BCUT2D eigenvalue weighted by molar-refractivity contribution is 7.13. The number of aryl methyl sites for hydroxylation is 1. The van der Waals surface area contributed by atoms with Crippen LogP contribution in [0.5, 0.6) is 0 Å². The summed E-state index contributed by atoms with van der Waals surface area (Å²) in [6.07, 6.45) is 0. The first kappa shape index (κ1) is 13.0. The van der Waals surface area contributed by atoms with Crippen LogP contribution in [0, 0.1) is 6.92 Å². The second-order valence-corrected chi connectivity index (χ2v) is 4.10. The van der Waals surface area contributed by atoms with Crippen molar-refractivity contribution in [3.63, 3.8) is 0 Å². The molecule has 0 aliphatic rings. The first-order chi connectivity index (χ1) is 7.29. The monoisotopic (exact) mass is 256 g/mol. The van der Waals surface area contributed by atoms with E-state index in [1.807, 2.05) is 36.6 Å². The van der Waals surface area contributed by atoms with Crippen LogP contribution >= 0.6 is 23.7 Å². The van der Waals surface area contributed by atoms with Crippen LogP contribution in [-0.2, 0) is 6.61 Å². The summed E-state index contributed by atoms with van der Waals surface area (Å²) in [5.74, 6) is 0. The maximum absolute atomic E-state index is 8.89. The number of halogens is 1. The molecule has 0 amide bonds. The van der Waals surface area contributed by atoms with Crippen LogP contribution in [0.3, 0.4) is 0 Å². The molecule has 0 fully saturated rings. The van der Waals surface area contributed by atoms with Gasteiger partial charge in [-0.15, -0.1) is 23.7 Å². The van der Waals surface area contributed by atoms with Crippen molar-refractivity contribution in [1.29, 1.82) is 0 Å². The summed E-state index contributed by atoms with van der Waals surface area (Å²) in [6, 6.07) is 8.04. The quantitative estimate of drug-likeness (QED) is 0.887. The number of nitrogens with one attached hydrogen (secondary N) is 1. The Morgan fingerprint density at radius 2 is 2.12 bits per heavy atom. The van der Waals surface area contributed by atoms with E-state index in [0.29, 0.717) is 5.69 Å². The molecule has 5 heteroatoms. The van der Waals surface area contributed by atoms with E-state index in [9.17, 15) is 0 Å². The molecular formula is C11H13ClN2OS. The molecule has 0 aliphatic heterocycles. The Labute approximate surface area is 105 Å². The van der Waals surface area contributed by atoms with Gasteiger partial charge in [0.1, 0.15) is 0 Å². The molecule has 2 rings (SSSR count). The number of hydrogen-bond donors (Lipinski definition) is 2. The summed E-state index contributed by atoms with van der Waals surface area (Å²) in [4.78, 5) is 4.22. The minimum Gasteiger partial charge on any atom is -0.390 e. The number of aliphatic hydroxyl groups excluding tert-OH is 1. The van der Waals surface area contributed by atoms with Crippen LogP contribution < -0.4 is 5.32 Å². The number of thiazole rings is 1. The lowest BCUT2D eigenvalue weighted by atomic mass is 10.2. The fraction of sp³-hybridized carbons (Fsp3) is 0.182. The number of aliphatic hydroxyl groups is 1. The molecule has 0 atom stereocenters. The van der Waals surface area contributed by atoms with Gasteiger partial charge in [0.25, 0.3) is 0 Å². The van der Waals surface area contributed by atoms with Gasteiger partial charge in [0, 0.05) is 11.1 Å². The number of para-hydroxylation sites is 1. The fourth-order valence-electron chi connectivity index (χ4n) is 1.27. The Hall–Kier alpha value is -1.10. The third kappa shape index (κ3) is 2.95. The second-order valence-electron chi connectivity index (χ2n) is 3.24. The highest BCUT2D eigenvalue weighted by atomic mass is 35.5. The van der Waals surface area contributed by atoms with E-state index in [-0.39, 0.29) is 19.0 Å². The minimum atomic E-state index is -0.00798. The average Bonchev–Trinajstić information content (AvgIpc) is 2.69. The first-order valence-electron chi connectivity index (χ1n) is 4.67. The molecule has 2 N–H and O–H groups in total. The molecule has 0 saturated heterocycles.